The maximum atomic E-state index is 11.9. The highest BCUT2D eigenvalue weighted by molar-refractivity contribution is 5.94. The molecule has 5 nitrogen and oxygen atoms in total. The zero-order chi connectivity index (χ0) is 12.1. The SMILES string of the molecule is CCCn1cccc1C(=O)N(C)CC(=O)O. The Balaban J connectivity index is 2.79. The van der Waals surface area contributed by atoms with Gasteiger partial charge < -0.3 is 14.6 Å². The summed E-state index contributed by atoms with van der Waals surface area (Å²) in [7, 11) is 1.49. The molecular formula is C11H16N2O3. The fraction of sp³-hybridized carbons (Fsp3) is 0.455. The van der Waals surface area contributed by atoms with Crippen LogP contribution < -0.4 is 0 Å². The van der Waals surface area contributed by atoms with E-state index in [-0.39, 0.29) is 12.5 Å². The number of nitrogens with zero attached hydrogens (tertiary/aromatic N) is 2. The van der Waals surface area contributed by atoms with E-state index in [9.17, 15) is 9.59 Å². The molecule has 5 heteroatoms. The summed E-state index contributed by atoms with van der Waals surface area (Å²) in [5, 5.41) is 8.60. The van der Waals surface area contributed by atoms with Crippen molar-refractivity contribution in [2.75, 3.05) is 13.6 Å². The van der Waals surface area contributed by atoms with Gasteiger partial charge in [-0.3, -0.25) is 9.59 Å². The summed E-state index contributed by atoms with van der Waals surface area (Å²) in [6.07, 6.45) is 2.75. The lowest BCUT2D eigenvalue weighted by molar-refractivity contribution is -0.137. The van der Waals surface area contributed by atoms with Crippen LogP contribution in [0.2, 0.25) is 0 Å². The van der Waals surface area contributed by atoms with Gasteiger partial charge in [-0.05, 0) is 18.6 Å². The molecule has 0 spiro atoms. The predicted molar refractivity (Wildman–Crippen MR) is 59.3 cm³/mol. The van der Waals surface area contributed by atoms with E-state index in [0.29, 0.717) is 5.69 Å². The lowest BCUT2D eigenvalue weighted by Crippen LogP contribution is -2.33. The Hall–Kier alpha value is -1.78. The summed E-state index contributed by atoms with van der Waals surface area (Å²) in [6.45, 7) is 2.50. The number of carboxylic acid groups (broad SMARTS) is 1. The second-order valence-electron chi connectivity index (χ2n) is 3.64. The van der Waals surface area contributed by atoms with E-state index in [1.165, 1.54) is 11.9 Å². The molecule has 0 aliphatic rings. The Labute approximate surface area is 94.3 Å². The van der Waals surface area contributed by atoms with E-state index < -0.39 is 5.97 Å². The van der Waals surface area contributed by atoms with Gasteiger partial charge in [-0.15, -0.1) is 0 Å². The molecule has 0 aliphatic carbocycles. The molecule has 0 atom stereocenters. The lowest BCUT2D eigenvalue weighted by atomic mass is 10.3. The highest BCUT2D eigenvalue weighted by Gasteiger charge is 2.16. The van der Waals surface area contributed by atoms with Gasteiger partial charge in [-0.25, -0.2) is 0 Å². The molecule has 1 rings (SSSR count). The van der Waals surface area contributed by atoms with E-state index in [2.05, 4.69) is 0 Å². The molecule has 0 bridgehead atoms. The van der Waals surface area contributed by atoms with Crippen LogP contribution in [0.15, 0.2) is 18.3 Å². The van der Waals surface area contributed by atoms with Crippen molar-refractivity contribution in [2.24, 2.45) is 0 Å². The van der Waals surface area contributed by atoms with Crippen molar-refractivity contribution in [2.45, 2.75) is 19.9 Å². The first kappa shape index (κ1) is 12.3. The monoisotopic (exact) mass is 224 g/mol. The Morgan fingerprint density at radius 1 is 1.50 bits per heavy atom. The summed E-state index contributed by atoms with van der Waals surface area (Å²) in [5.74, 6) is -1.27. The van der Waals surface area contributed by atoms with Gasteiger partial charge in [0.05, 0.1) is 0 Å². The van der Waals surface area contributed by atoms with Crippen molar-refractivity contribution in [3.8, 4) is 0 Å². The first-order chi connectivity index (χ1) is 7.56. The van der Waals surface area contributed by atoms with Gasteiger partial charge in [-0.1, -0.05) is 6.92 Å². The third-order valence-electron chi connectivity index (χ3n) is 2.23. The summed E-state index contributed by atoms with van der Waals surface area (Å²) < 4.78 is 1.83. The summed E-state index contributed by atoms with van der Waals surface area (Å²) >= 11 is 0. The molecule has 0 saturated carbocycles. The number of hydrogen-bond acceptors (Lipinski definition) is 2. The fourth-order valence-electron chi connectivity index (χ4n) is 1.51. The van der Waals surface area contributed by atoms with Crippen LogP contribution in [0.5, 0.6) is 0 Å². The van der Waals surface area contributed by atoms with Crippen LogP contribution in [0, 0.1) is 0 Å². The molecular weight excluding hydrogens is 208 g/mol. The Morgan fingerprint density at radius 2 is 2.19 bits per heavy atom. The summed E-state index contributed by atoms with van der Waals surface area (Å²) in [5.41, 5.74) is 0.533. The Bertz CT molecular complexity index is 384. The molecule has 1 amide bonds. The average Bonchev–Trinajstić information content (AvgIpc) is 2.64. The standard InChI is InChI=1S/C11H16N2O3/c1-3-6-13-7-4-5-9(13)11(16)12(2)8-10(14)15/h4-5,7H,3,6,8H2,1-2H3,(H,14,15). The quantitative estimate of drug-likeness (QED) is 0.813. The van der Waals surface area contributed by atoms with E-state index in [4.69, 9.17) is 5.11 Å². The maximum absolute atomic E-state index is 11.9. The number of carbonyl (C=O) groups excluding carboxylic acids is 1. The van der Waals surface area contributed by atoms with Gasteiger partial charge in [-0.2, -0.15) is 0 Å². The molecule has 88 valence electrons. The van der Waals surface area contributed by atoms with Crippen molar-refractivity contribution in [1.82, 2.24) is 9.47 Å². The molecule has 1 N–H and O–H groups in total. The van der Waals surface area contributed by atoms with E-state index in [1.807, 2.05) is 17.7 Å². The molecule has 0 unspecified atom stereocenters. The second-order valence-corrected chi connectivity index (χ2v) is 3.64. The van der Waals surface area contributed by atoms with E-state index >= 15 is 0 Å². The van der Waals surface area contributed by atoms with Gasteiger partial charge >= 0.3 is 5.97 Å². The lowest BCUT2D eigenvalue weighted by Gasteiger charge is -2.15. The van der Waals surface area contributed by atoms with Gasteiger partial charge in [0.15, 0.2) is 0 Å². The predicted octanol–water partition coefficient (Wildman–Crippen LogP) is 1.05. The van der Waals surface area contributed by atoms with E-state index in [1.54, 1.807) is 12.1 Å². The normalized spacial score (nSPS) is 10.1. The van der Waals surface area contributed by atoms with Crippen LogP contribution in [0.1, 0.15) is 23.8 Å². The molecule has 16 heavy (non-hydrogen) atoms. The maximum Gasteiger partial charge on any atom is 0.323 e. The van der Waals surface area contributed by atoms with Crippen LogP contribution in [0.25, 0.3) is 0 Å². The molecule has 1 aromatic rings. The summed E-state index contributed by atoms with van der Waals surface area (Å²) in [4.78, 5) is 23.6. The van der Waals surface area contributed by atoms with Gasteiger partial charge in [0.25, 0.3) is 5.91 Å². The number of amides is 1. The topological polar surface area (TPSA) is 62.5 Å². The first-order valence-electron chi connectivity index (χ1n) is 5.18. The average molecular weight is 224 g/mol. The minimum atomic E-state index is -1.01. The Kier molecular flexibility index (Phi) is 4.10. The smallest absolute Gasteiger partial charge is 0.323 e. The number of aryl methyl sites for hydroxylation is 1. The third kappa shape index (κ3) is 2.85. The fourth-order valence-corrected chi connectivity index (χ4v) is 1.51. The van der Waals surface area contributed by atoms with Crippen molar-refractivity contribution in [1.29, 1.82) is 0 Å². The number of carbonyl (C=O) groups is 2. The number of aromatic nitrogens is 1. The molecule has 1 aromatic heterocycles. The molecule has 1 heterocycles. The van der Waals surface area contributed by atoms with Crippen LogP contribution in [0.4, 0.5) is 0 Å². The number of carboxylic acids is 1. The largest absolute Gasteiger partial charge is 0.480 e. The minimum absolute atomic E-state index is 0.263. The van der Waals surface area contributed by atoms with Gasteiger partial charge in [0, 0.05) is 19.8 Å². The van der Waals surface area contributed by atoms with Crippen molar-refractivity contribution < 1.29 is 14.7 Å². The minimum Gasteiger partial charge on any atom is -0.480 e. The first-order valence-corrected chi connectivity index (χ1v) is 5.18. The van der Waals surface area contributed by atoms with Crippen LogP contribution >= 0.6 is 0 Å². The number of likely N-dealkylation sites (N-methyl/N-ethyl adjacent to an activating group) is 1. The third-order valence-corrected chi connectivity index (χ3v) is 2.23. The van der Waals surface area contributed by atoms with Gasteiger partial charge in [0.2, 0.25) is 0 Å². The highest BCUT2D eigenvalue weighted by Crippen LogP contribution is 2.06. The molecule has 0 aromatic carbocycles. The number of aliphatic carboxylic acids is 1. The van der Waals surface area contributed by atoms with E-state index in [0.717, 1.165) is 13.0 Å². The van der Waals surface area contributed by atoms with Crippen molar-refractivity contribution >= 4 is 11.9 Å². The second kappa shape index (κ2) is 5.34. The number of hydrogen-bond donors (Lipinski definition) is 1. The molecule has 0 aliphatic heterocycles. The van der Waals surface area contributed by atoms with Crippen LogP contribution in [0.3, 0.4) is 0 Å². The number of rotatable bonds is 5. The zero-order valence-electron chi connectivity index (χ0n) is 9.51. The zero-order valence-corrected chi connectivity index (χ0v) is 9.51. The van der Waals surface area contributed by atoms with Gasteiger partial charge in [0.1, 0.15) is 12.2 Å². The van der Waals surface area contributed by atoms with Crippen LogP contribution in [-0.2, 0) is 11.3 Å². The molecule has 0 fully saturated rings. The highest BCUT2D eigenvalue weighted by atomic mass is 16.4. The Morgan fingerprint density at radius 3 is 2.75 bits per heavy atom. The van der Waals surface area contributed by atoms with Crippen molar-refractivity contribution in [3.05, 3.63) is 24.0 Å². The van der Waals surface area contributed by atoms with Crippen molar-refractivity contribution in [3.63, 3.8) is 0 Å². The molecule has 0 saturated heterocycles. The molecule has 0 radical (unpaired) electrons. The van der Waals surface area contributed by atoms with Crippen LogP contribution in [-0.4, -0.2) is 40.0 Å². The summed E-state index contributed by atoms with van der Waals surface area (Å²) in [6, 6.07) is 3.49.